The van der Waals surface area contributed by atoms with Crippen molar-refractivity contribution in [1.82, 2.24) is 4.90 Å². The minimum absolute atomic E-state index is 0.0833. The lowest BCUT2D eigenvalue weighted by Gasteiger charge is -2.32. The van der Waals surface area contributed by atoms with Gasteiger partial charge in [-0.05, 0) is 13.3 Å². The molecule has 0 spiro atoms. The molecule has 1 atom stereocenters. The van der Waals surface area contributed by atoms with Crippen molar-refractivity contribution >= 4 is 23.6 Å². The summed E-state index contributed by atoms with van der Waals surface area (Å²) in [4.78, 5) is 25.2. The molecule has 4 nitrogen and oxygen atoms in total. The summed E-state index contributed by atoms with van der Waals surface area (Å²) in [5.74, 6) is 1.09. The quantitative estimate of drug-likeness (QED) is 0.567. The standard InChI is InChI=1S/C12H19NO3S/c1-4-9(2)7-11(14)13-5-6-17-8-10(13)12(15)16-3/h7,10H,4-6,8H2,1-3H3/b9-7+. The Morgan fingerprint density at radius 3 is 2.82 bits per heavy atom. The third-order valence-corrected chi connectivity index (χ3v) is 3.84. The predicted octanol–water partition coefficient (Wildman–Crippen LogP) is 1.46. The fourth-order valence-corrected chi connectivity index (χ4v) is 2.63. The normalized spacial score (nSPS) is 21.2. The number of nitrogens with zero attached hydrogens (tertiary/aromatic N) is 1. The van der Waals surface area contributed by atoms with Gasteiger partial charge in [-0.25, -0.2) is 4.79 Å². The van der Waals surface area contributed by atoms with Crippen molar-refractivity contribution in [3.63, 3.8) is 0 Å². The van der Waals surface area contributed by atoms with Crippen molar-refractivity contribution in [2.45, 2.75) is 26.3 Å². The van der Waals surface area contributed by atoms with Crippen LogP contribution in [0.4, 0.5) is 0 Å². The van der Waals surface area contributed by atoms with Crippen LogP contribution in [-0.2, 0) is 14.3 Å². The van der Waals surface area contributed by atoms with Crippen molar-refractivity contribution in [2.24, 2.45) is 0 Å². The van der Waals surface area contributed by atoms with Crippen molar-refractivity contribution in [3.05, 3.63) is 11.6 Å². The molecule has 0 aromatic heterocycles. The Morgan fingerprint density at radius 2 is 2.24 bits per heavy atom. The number of amides is 1. The molecule has 0 N–H and O–H groups in total. The van der Waals surface area contributed by atoms with Gasteiger partial charge in [0.25, 0.3) is 0 Å². The van der Waals surface area contributed by atoms with Crippen LogP contribution in [0.3, 0.4) is 0 Å². The first kappa shape index (κ1) is 14.1. The summed E-state index contributed by atoms with van der Waals surface area (Å²) < 4.78 is 4.73. The van der Waals surface area contributed by atoms with E-state index in [4.69, 9.17) is 4.74 Å². The zero-order chi connectivity index (χ0) is 12.8. The molecule has 1 unspecified atom stereocenters. The molecule has 1 aliphatic rings. The smallest absolute Gasteiger partial charge is 0.329 e. The van der Waals surface area contributed by atoms with Crippen LogP contribution < -0.4 is 0 Å². The molecule has 96 valence electrons. The Morgan fingerprint density at radius 1 is 1.53 bits per heavy atom. The van der Waals surface area contributed by atoms with Crippen LogP contribution in [-0.4, -0.2) is 48.0 Å². The maximum Gasteiger partial charge on any atom is 0.329 e. The second kappa shape index (κ2) is 6.69. The van der Waals surface area contributed by atoms with Crippen LogP contribution in [0.5, 0.6) is 0 Å². The number of ether oxygens (including phenoxy) is 1. The van der Waals surface area contributed by atoms with E-state index >= 15 is 0 Å². The summed E-state index contributed by atoms with van der Waals surface area (Å²) >= 11 is 1.68. The molecule has 1 amide bonds. The number of rotatable bonds is 3. The molecule has 1 heterocycles. The number of hydrogen-bond acceptors (Lipinski definition) is 4. The average Bonchev–Trinajstić information content (AvgIpc) is 2.37. The maximum absolute atomic E-state index is 12.0. The second-order valence-electron chi connectivity index (χ2n) is 3.99. The van der Waals surface area contributed by atoms with Gasteiger partial charge in [-0.1, -0.05) is 12.5 Å². The summed E-state index contributed by atoms with van der Waals surface area (Å²) in [5.41, 5.74) is 1.02. The SMILES string of the molecule is CC/C(C)=C/C(=O)N1CCSCC1C(=O)OC. The van der Waals surface area contributed by atoms with Gasteiger partial charge < -0.3 is 9.64 Å². The zero-order valence-electron chi connectivity index (χ0n) is 10.6. The highest BCUT2D eigenvalue weighted by Gasteiger charge is 2.32. The average molecular weight is 257 g/mol. The van der Waals surface area contributed by atoms with Gasteiger partial charge in [0, 0.05) is 24.1 Å². The lowest BCUT2D eigenvalue weighted by atomic mass is 10.2. The molecule has 0 saturated carbocycles. The van der Waals surface area contributed by atoms with Crippen LogP contribution in [0.25, 0.3) is 0 Å². The molecular formula is C12H19NO3S. The van der Waals surface area contributed by atoms with E-state index in [0.29, 0.717) is 12.3 Å². The van der Waals surface area contributed by atoms with Crippen LogP contribution >= 0.6 is 11.8 Å². The Balaban J connectivity index is 2.77. The van der Waals surface area contributed by atoms with Crippen LogP contribution in [0.15, 0.2) is 11.6 Å². The van der Waals surface area contributed by atoms with E-state index in [1.165, 1.54) is 7.11 Å². The molecule has 1 fully saturated rings. The van der Waals surface area contributed by atoms with Gasteiger partial charge in [0.15, 0.2) is 0 Å². The Labute approximate surface area is 106 Å². The topological polar surface area (TPSA) is 46.6 Å². The number of carbonyl (C=O) groups is 2. The summed E-state index contributed by atoms with van der Waals surface area (Å²) in [6.07, 6.45) is 2.46. The maximum atomic E-state index is 12.0. The molecule has 0 aliphatic carbocycles. The third kappa shape index (κ3) is 3.77. The van der Waals surface area contributed by atoms with Crippen LogP contribution in [0.2, 0.25) is 0 Å². The van der Waals surface area contributed by atoms with Gasteiger partial charge in [-0.15, -0.1) is 0 Å². The number of thioether (sulfide) groups is 1. The van der Waals surface area contributed by atoms with Crippen molar-refractivity contribution in [1.29, 1.82) is 0 Å². The predicted molar refractivity (Wildman–Crippen MR) is 68.9 cm³/mol. The molecule has 1 rings (SSSR count). The van der Waals surface area contributed by atoms with Crippen LogP contribution in [0.1, 0.15) is 20.3 Å². The number of esters is 1. The van der Waals surface area contributed by atoms with Gasteiger partial charge in [0.1, 0.15) is 6.04 Å². The van der Waals surface area contributed by atoms with E-state index in [-0.39, 0.29) is 11.9 Å². The Hall–Kier alpha value is -0.970. The first-order valence-corrected chi connectivity index (χ1v) is 6.89. The summed E-state index contributed by atoms with van der Waals surface area (Å²) in [5, 5.41) is 0. The van der Waals surface area contributed by atoms with Crippen molar-refractivity contribution < 1.29 is 14.3 Å². The molecule has 1 saturated heterocycles. The monoisotopic (exact) mass is 257 g/mol. The molecule has 5 heteroatoms. The van der Waals surface area contributed by atoms with Gasteiger partial charge in [0.2, 0.25) is 5.91 Å². The van der Waals surface area contributed by atoms with Crippen LogP contribution in [0, 0.1) is 0 Å². The highest BCUT2D eigenvalue weighted by atomic mass is 32.2. The van der Waals surface area contributed by atoms with E-state index in [1.807, 2.05) is 13.8 Å². The summed E-state index contributed by atoms with van der Waals surface area (Å²) in [6, 6.07) is -0.438. The third-order valence-electron chi connectivity index (χ3n) is 2.81. The molecule has 0 aromatic carbocycles. The van der Waals surface area contributed by atoms with Gasteiger partial charge in [-0.3, -0.25) is 4.79 Å². The number of carbonyl (C=O) groups excluding carboxylic acids is 2. The lowest BCUT2D eigenvalue weighted by molar-refractivity contribution is -0.150. The minimum atomic E-state index is -0.438. The van der Waals surface area contributed by atoms with E-state index in [2.05, 4.69) is 0 Å². The largest absolute Gasteiger partial charge is 0.467 e. The van der Waals surface area contributed by atoms with Gasteiger partial charge >= 0.3 is 5.97 Å². The second-order valence-corrected chi connectivity index (χ2v) is 5.14. The number of hydrogen-bond donors (Lipinski definition) is 0. The lowest BCUT2D eigenvalue weighted by Crippen LogP contribution is -2.50. The molecule has 0 aromatic rings. The molecule has 0 bridgehead atoms. The van der Waals surface area contributed by atoms with Crippen molar-refractivity contribution in [2.75, 3.05) is 25.2 Å². The minimum Gasteiger partial charge on any atom is -0.467 e. The van der Waals surface area contributed by atoms with Crippen molar-refractivity contribution in [3.8, 4) is 0 Å². The highest BCUT2D eigenvalue weighted by molar-refractivity contribution is 7.99. The Bertz CT molecular complexity index is 328. The summed E-state index contributed by atoms with van der Waals surface area (Å²) in [6.45, 7) is 4.53. The van der Waals surface area contributed by atoms with E-state index < -0.39 is 6.04 Å². The van der Waals surface area contributed by atoms with E-state index in [0.717, 1.165) is 17.7 Å². The highest BCUT2D eigenvalue weighted by Crippen LogP contribution is 2.18. The van der Waals surface area contributed by atoms with E-state index in [1.54, 1.807) is 22.7 Å². The first-order chi connectivity index (χ1) is 8.10. The fourth-order valence-electron chi connectivity index (χ4n) is 1.59. The molecule has 1 aliphatic heterocycles. The molecule has 17 heavy (non-hydrogen) atoms. The van der Waals surface area contributed by atoms with E-state index in [9.17, 15) is 9.59 Å². The molecule has 0 radical (unpaired) electrons. The fraction of sp³-hybridized carbons (Fsp3) is 0.667. The number of allylic oxidation sites excluding steroid dienone is 1. The molecular weight excluding hydrogens is 238 g/mol. The van der Waals surface area contributed by atoms with Gasteiger partial charge in [-0.2, -0.15) is 11.8 Å². The summed E-state index contributed by atoms with van der Waals surface area (Å²) in [7, 11) is 1.36. The first-order valence-electron chi connectivity index (χ1n) is 5.73. The Kier molecular flexibility index (Phi) is 5.55. The zero-order valence-corrected chi connectivity index (χ0v) is 11.4. The number of methoxy groups -OCH3 is 1. The van der Waals surface area contributed by atoms with Gasteiger partial charge in [0.05, 0.1) is 7.11 Å².